The van der Waals surface area contributed by atoms with Gasteiger partial charge in [0.25, 0.3) is 11.8 Å². The lowest BCUT2D eigenvalue weighted by Crippen LogP contribution is -2.54. The first-order valence-electron chi connectivity index (χ1n) is 7.64. The highest BCUT2D eigenvalue weighted by molar-refractivity contribution is 6.23. The first-order valence-corrected chi connectivity index (χ1v) is 7.64. The van der Waals surface area contributed by atoms with Crippen molar-refractivity contribution in [1.29, 1.82) is 0 Å². The van der Waals surface area contributed by atoms with Gasteiger partial charge >= 0.3 is 0 Å². The van der Waals surface area contributed by atoms with Gasteiger partial charge in [-0.15, -0.1) is 0 Å². The van der Waals surface area contributed by atoms with Gasteiger partial charge in [0.15, 0.2) is 0 Å². The van der Waals surface area contributed by atoms with Crippen molar-refractivity contribution in [3.05, 3.63) is 34.4 Å². The van der Waals surface area contributed by atoms with Crippen LogP contribution in [-0.2, 0) is 22.6 Å². The van der Waals surface area contributed by atoms with Gasteiger partial charge in [0.1, 0.15) is 6.04 Å². The highest BCUT2D eigenvalue weighted by atomic mass is 16.2. The number of benzene rings is 1. The van der Waals surface area contributed by atoms with E-state index >= 15 is 0 Å². The molecule has 2 N–H and O–H groups in total. The molecule has 0 spiro atoms. The Morgan fingerprint density at radius 3 is 2.35 bits per heavy atom. The number of imide groups is 2. The minimum Gasteiger partial charge on any atom is -0.312 e. The van der Waals surface area contributed by atoms with Gasteiger partial charge in [-0.3, -0.25) is 29.4 Å². The third-order valence-corrected chi connectivity index (χ3v) is 4.65. The fraction of sp³-hybridized carbons (Fsp3) is 0.375. The number of nitrogens with zero attached hydrogens (tertiary/aromatic N) is 1. The normalized spacial score (nSPS) is 23.7. The van der Waals surface area contributed by atoms with Crippen LogP contribution in [0.15, 0.2) is 12.1 Å². The Labute approximate surface area is 132 Å². The van der Waals surface area contributed by atoms with E-state index in [0.29, 0.717) is 17.7 Å². The van der Waals surface area contributed by atoms with Crippen molar-refractivity contribution in [1.82, 2.24) is 15.5 Å². The smallest absolute Gasteiger partial charge is 0.262 e. The Morgan fingerprint density at radius 2 is 1.65 bits per heavy atom. The summed E-state index contributed by atoms with van der Waals surface area (Å²) in [4.78, 5) is 49.6. The highest BCUT2D eigenvalue weighted by Crippen LogP contribution is 2.30. The Morgan fingerprint density at radius 1 is 0.957 bits per heavy atom. The number of carbonyl (C=O) groups is 4. The Balaban J connectivity index is 1.72. The largest absolute Gasteiger partial charge is 0.312 e. The molecule has 3 heterocycles. The molecule has 1 saturated heterocycles. The lowest BCUT2D eigenvalue weighted by atomic mass is 9.95. The molecule has 4 rings (SSSR count). The molecule has 7 heteroatoms. The summed E-state index contributed by atoms with van der Waals surface area (Å²) in [7, 11) is 0. The minimum atomic E-state index is -0.907. The number of hydrogen-bond acceptors (Lipinski definition) is 5. The summed E-state index contributed by atoms with van der Waals surface area (Å²) in [6, 6.07) is 2.62. The van der Waals surface area contributed by atoms with E-state index in [-0.39, 0.29) is 18.7 Å². The summed E-state index contributed by atoms with van der Waals surface area (Å²) in [6.45, 7) is 1.51. The van der Waals surface area contributed by atoms with Crippen LogP contribution in [0.4, 0.5) is 0 Å². The van der Waals surface area contributed by atoms with Crippen LogP contribution in [0.3, 0.4) is 0 Å². The fourth-order valence-electron chi connectivity index (χ4n) is 3.45. The summed E-state index contributed by atoms with van der Waals surface area (Å²) in [5.41, 5.74) is 2.79. The molecule has 23 heavy (non-hydrogen) atoms. The van der Waals surface area contributed by atoms with Crippen LogP contribution in [0.1, 0.15) is 44.7 Å². The molecular weight excluding hydrogens is 298 g/mol. The standard InChI is InChI=1S/C16H15N3O4/c20-13-2-1-12(14(21)18-13)19-15(22)10-5-8-3-4-17-7-9(8)6-11(10)16(19)23/h5-6,12,17H,1-4,7H2,(H,18,20,21). The maximum absolute atomic E-state index is 12.6. The first kappa shape index (κ1) is 14.1. The number of fused-ring (bicyclic) bond motifs is 2. The van der Waals surface area contributed by atoms with Crippen LogP contribution in [0, 0.1) is 0 Å². The molecule has 7 nitrogen and oxygen atoms in total. The Kier molecular flexibility index (Phi) is 3.05. The van der Waals surface area contributed by atoms with E-state index in [1.54, 1.807) is 12.1 Å². The molecule has 1 aromatic carbocycles. The number of nitrogens with one attached hydrogen (secondary N) is 2. The summed E-state index contributed by atoms with van der Waals surface area (Å²) in [6.07, 6.45) is 1.12. The van der Waals surface area contributed by atoms with E-state index in [2.05, 4.69) is 10.6 Å². The van der Waals surface area contributed by atoms with Crippen molar-refractivity contribution >= 4 is 23.6 Å². The van der Waals surface area contributed by atoms with E-state index in [1.165, 1.54) is 0 Å². The first-order chi connectivity index (χ1) is 11.1. The van der Waals surface area contributed by atoms with Crippen LogP contribution in [-0.4, -0.2) is 41.1 Å². The van der Waals surface area contributed by atoms with Gasteiger partial charge in [0, 0.05) is 13.0 Å². The molecule has 1 atom stereocenters. The van der Waals surface area contributed by atoms with Crippen LogP contribution in [0.5, 0.6) is 0 Å². The average Bonchev–Trinajstić information content (AvgIpc) is 2.77. The third-order valence-electron chi connectivity index (χ3n) is 4.65. The van der Waals surface area contributed by atoms with E-state index in [9.17, 15) is 19.2 Å². The highest BCUT2D eigenvalue weighted by Gasteiger charge is 2.44. The minimum absolute atomic E-state index is 0.129. The van der Waals surface area contributed by atoms with Gasteiger partial charge < -0.3 is 5.32 Å². The number of piperidine rings is 1. The zero-order valence-corrected chi connectivity index (χ0v) is 12.3. The van der Waals surface area contributed by atoms with Gasteiger partial charge in [-0.2, -0.15) is 0 Å². The number of amides is 4. The predicted octanol–water partition coefficient (Wildman–Crippen LogP) is -0.266. The third kappa shape index (κ3) is 2.08. The van der Waals surface area contributed by atoms with Crippen LogP contribution >= 0.6 is 0 Å². The SMILES string of the molecule is O=C1CCC(N2C(=O)c3cc4c(cc3C2=O)CNCC4)C(=O)N1. The number of hydrogen-bond donors (Lipinski definition) is 2. The van der Waals surface area contributed by atoms with Crippen LogP contribution in [0.2, 0.25) is 0 Å². The zero-order valence-electron chi connectivity index (χ0n) is 12.3. The predicted molar refractivity (Wildman–Crippen MR) is 78.5 cm³/mol. The molecule has 1 aromatic rings. The lowest BCUT2D eigenvalue weighted by Gasteiger charge is -2.27. The van der Waals surface area contributed by atoms with E-state index in [4.69, 9.17) is 0 Å². The van der Waals surface area contributed by atoms with Crippen molar-refractivity contribution in [2.45, 2.75) is 31.8 Å². The summed E-state index contributed by atoms with van der Waals surface area (Å²) >= 11 is 0. The second-order valence-corrected chi connectivity index (χ2v) is 6.04. The van der Waals surface area contributed by atoms with Gasteiger partial charge in [-0.1, -0.05) is 0 Å². The molecule has 0 aliphatic carbocycles. The molecule has 4 amide bonds. The molecule has 0 radical (unpaired) electrons. The Bertz CT molecular complexity index is 726. The number of rotatable bonds is 1. The van der Waals surface area contributed by atoms with E-state index < -0.39 is 23.8 Å². The van der Waals surface area contributed by atoms with Crippen LogP contribution < -0.4 is 10.6 Å². The summed E-state index contributed by atoms with van der Waals surface area (Å²) in [5, 5.41) is 5.43. The second kappa shape index (κ2) is 4.99. The van der Waals surface area contributed by atoms with Crippen molar-refractivity contribution in [3.63, 3.8) is 0 Å². The quantitative estimate of drug-likeness (QED) is 0.696. The lowest BCUT2D eigenvalue weighted by molar-refractivity contribution is -0.136. The van der Waals surface area contributed by atoms with Crippen molar-refractivity contribution in [3.8, 4) is 0 Å². The maximum atomic E-state index is 12.6. The van der Waals surface area contributed by atoms with Gasteiger partial charge in [-0.05, 0) is 42.6 Å². The van der Waals surface area contributed by atoms with Crippen LogP contribution in [0.25, 0.3) is 0 Å². The molecule has 118 valence electrons. The number of carbonyl (C=O) groups excluding carboxylic acids is 4. The molecule has 1 fully saturated rings. The van der Waals surface area contributed by atoms with Gasteiger partial charge in [0.2, 0.25) is 11.8 Å². The Hall–Kier alpha value is -2.54. The monoisotopic (exact) mass is 313 g/mol. The summed E-state index contributed by atoms with van der Waals surface area (Å²) in [5.74, 6) is -1.85. The fourth-order valence-corrected chi connectivity index (χ4v) is 3.45. The maximum Gasteiger partial charge on any atom is 0.262 e. The molecule has 0 saturated carbocycles. The molecule has 3 aliphatic heterocycles. The molecule has 0 aromatic heterocycles. The molecule has 0 bridgehead atoms. The molecule has 3 aliphatic rings. The summed E-state index contributed by atoms with van der Waals surface area (Å²) < 4.78 is 0. The van der Waals surface area contributed by atoms with Crippen molar-refractivity contribution in [2.75, 3.05) is 6.54 Å². The van der Waals surface area contributed by atoms with Crippen molar-refractivity contribution in [2.24, 2.45) is 0 Å². The topological polar surface area (TPSA) is 95.6 Å². The van der Waals surface area contributed by atoms with Gasteiger partial charge in [-0.25, -0.2) is 0 Å². The van der Waals surface area contributed by atoms with Gasteiger partial charge in [0.05, 0.1) is 11.1 Å². The molecule has 1 unspecified atom stereocenters. The average molecular weight is 313 g/mol. The van der Waals surface area contributed by atoms with E-state index in [0.717, 1.165) is 29.0 Å². The molecular formula is C16H15N3O4. The van der Waals surface area contributed by atoms with E-state index in [1.807, 2.05) is 0 Å². The van der Waals surface area contributed by atoms with Crippen molar-refractivity contribution < 1.29 is 19.2 Å². The zero-order chi connectivity index (χ0) is 16.1. The second-order valence-electron chi connectivity index (χ2n) is 6.04.